The van der Waals surface area contributed by atoms with Crippen molar-refractivity contribution in [1.82, 2.24) is 14.9 Å². The molecule has 0 spiro atoms. The first-order chi connectivity index (χ1) is 10.2. The smallest absolute Gasteiger partial charge is 0.131 e. The summed E-state index contributed by atoms with van der Waals surface area (Å²) in [5.41, 5.74) is 1.16. The van der Waals surface area contributed by atoms with Gasteiger partial charge >= 0.3 is 0 Å². The van der Waals surface area contributed by atoms with Crippen LogP contribution in [-0.4, -0.2) is 41.0 Å². The van der Waals surface area contributed by atoms with Gasteiger partial charge in [-0.25, -0.2) is 14.4 Å². The van der Waals surface area contributed by atoms with Gasteiger partial charge in [-0.05, 0) is 30.7 Å². The summed E-state index contributed by atoms with van der Waals surface area (Å²) >= 11 is 0. The lowest BCUT2D eigenvalue weighted by Gasteiger charge is -2.38. The molecule has 0 radical (unpaired) electrons. The van der Waals surface area contributed by atoms with Gasteiger partial charge in [-0.15, -0.1) is 0 Å². The first-order valence-electron chi connectivity index (χ1n) is 7.24. The van der Waals surface area contributed by atoms with Gasteiger partial charge in [0.2, 0.25) is 0 Å². The number of nitrogens with zero attached hydrogens (tertiary/aromatic N) is 4. The van der Waals surface area contributed by atoms with Crippen molar-refractivity contribution in [3.63, 3.8) is 0 Å². The highest BCUT2D eigenvalue weighted by Gasteiger charge is 2.22. The van der Waals surface area contributed by atoms with Crippen molar-refractivity contribution in [3.05, 3.63) is 54.2 Å². The number of hydrogen-bond acceptors (Lipinski definition) is 4. The number of benzene rings is 1. The minimum absolute atomic E-state index is 0.181. The van der Waals surface area contributed by atoms with E-state index in [1.165, 1.54) is 12.1 Å². The van der Waals surface area contributed by atoms with Gasteiger partial charge < -0.3 is 4.90 Å². The topological polar surface area (TPSA) is 32.3 Å². The van der Waals surface area contributed by atoms with E-state index in [1.807, 2.05) is 18.2 Å². The van der Waals surface area contributed by atoms with Crippen LogP contribution in [0.25, 0.3) is 0 Å². The quantitative estimate of drug-likeness (QED) is 0.868. The Labute approximate surface area is 124 Å². The average Bonchev–Trinajstić information content (AvgIpc) is 2.56. The monoisotopic (exact) mass is 286 g/mol. The molecule has 0 amide bonds. The molecule has 5 heteroatoms. The molecule has 3 rings (SSSR count). The molecule has 1 aliphatic rings. The summed E-state index contributed by atoms with van der Waals surface area (Å²) in [5, 5.41) is 0. The third kappa shape index (κ3) is 3.19. The molecule has 0 saturated carbocycles. The number of halogens is 1. The summed E-state index contributed by atoms with van der Waals surface area (Å²) in [6.07, 6.45) is 3.36. The lowest BCUT2D eigenvalue weighted by Crippen LogP contribution is -2.47. The fourth-order valence-corrected chi connectivity index (χ4v) is 2.76. The van der Waals surface area contributed by atoms with E-state index in [2.05, 4.69) is 26.7 Å². The Hall–Kier alpha value is -2.01. The highest BCUT2D eigenvalue weighted by molar-refractivity contribution is 5.37. The van der Waals surface area contributed by atoms with Crippen LogP contribution in [0.2, 0.25) is 0 Å². The molecule has 1 aromatic heterocycles. The first kappa shape index (κ1) is 13.9. The van der Waals surface area contributed by atoms with E-state index in [0.717, 1.165) is 37.6 Å². The first-order valence-corrected chi connectivity index (χ1v) is 7.24. The van der Waals surface area contributed by atoms with Crippen molar-refractivity contribution in [3.8, 4) is 0 Å². The lowest BCUT2D eigenvalue weighted by molar-refractivity contribution is 0.198. The van der Waals surface area contributed by atoms with Crippen LogP contribution in [-0.2, 0) is 0 Å². The molecule has 1 atom stereocenters. The van der Waals surface area contributed by atoms with Gasteiger partial charge in [-0.3, -0.25) is 4.90 Å². The van der Waals surface area contributed by atoms with E-state index in [-0.39, 0.29) is 5.82 Å². The van der Waals surface area contributed by atoms with E-state index >= 15 is 0 Å². The second-order valence-electron chi connectivity index (χ2n) is 5.32. The minimum Gasteiger partial charge on any atom is -0.354 e. The Balaban J connectivity index is 1.61. The Morgan fingerprint density at radius 2 is 1.76 bits per heavy atom. The molecule has 1 aliphatic heterocycles. The van der Waals surface area contributed by atoms with E-state index in [4.69, 9.17) is 0 Å². The van der Waals surface area contributed by atoms with Gasteiger partial charge in [0.15, 0.2) is 0 Å². The molecule has 0 bridgehead atoms. The maximum absolute atomic E-state index is 13.0. The van der Waals surface area contributed by atoms with E-state index in [0.29, 0.717) is 6.04 Å². The molecule has 4 nitrogen and oxygen atoms in total. The molecule has 21 heavy (non-hydrogen) atoms. The molecular formula is C16H19FN4. The predicted octanol–water partition coefficient (Wildman–Crippen LogP) is 2.50. The standard InChI is InChI=1S/C16H19FN4/c1-13(14-2-4-15(17)5-3-14)20-8-10-21(11-9-20)16-6-7-18-12-19-16/h2-7,12-13H,8-11H2,1H3/t13-/m0/s1. The van der Waals surface area contributed by atoms with Crippen molar-refractivity contribution in [2.75, 3.05) is 31.1 Å². The van der Waals surface area contributed by atoms with Gasteiger partial charge in [0.1, 0.15) is 18.0 Å². The summed E-state index contributed by atoms with van der Waals surface area (Å²) in [5.74, 6) is 0.804. The summed E-state index contributed by atoms with van der Waals surface area (Å²) in [7, 11) is 0. The second kappa shape index (κ2) is 6.18. The van der Waals surface area contributed by atoms with Crippen molar-refractivity contribution in [2.24, 2.45) is 0 Å². The fourth-order valence-electron chi connectivity index (χ4n) is 2.76. The normalized spacial score (nSPS) is 17.7. The van der Waals surface area contributed by atoms with Crippen LogP contribution in [0, 0.1) is 5.82 Å². The third-order valence-electron chi connectivity index (χ3n) is 4.10. The van der Waals surface area contributed by atoms with E-state index in [1.54, 1.807) is 12.5 Å². The Morgan fingerprint density at radius 3 is 2.38 bits per heavy atom. The molecule has 2 heterocycles. The van der Waals surface area contributed by atoms with Crippen LogP contribution in [0.3, 0.4) is 0 Å². The van der Waals surface area contributed by atoms with Crippen molar-refractivity contribution >= 4 is 5.82 Å². The highest BCUT2D eigenvalue weighted by Crippen LogP contribution is 2.23. The SMILES string of the molecule is C[C@@H](c1ccc(F)cc1)N1CCN(c2ccncn2)CC1. The van der Waals surface area contributed by atoms with E-state index in [9.17, 15) is 4.39 Å². The van der Waals surface area contributed by atoms with E-state index < -0.39 is 0 Å². The molecule has 0 unspecified atom stereocenters. The van der Waals surface area contributed by atoms with Gasteiger partial charge in [-0.1, -0.05) is 12.1 Å². The molecule has 2 aromatic rings. The molecule has 1 saturated heterocycles. The van der Waals surface area contributed by atoms with Crippen LogP contribution < -0.4 is 4.90 Å². The summed E-state index contributed by atoms with van der Waals surface area (Å²) in [6, 6.07) is 9.05. The number of rotatable bonds is 3. The maximum Gasteiger partial charge on any atom is 0.131 e. The number of aromatic nitrogens is 2. The third-order valence-corrected chi connectivity index (χ3v) is 4.10. The van der Waals surface area contributed by atoms with Gasteiger partial charge in [0.05, 0.1) is 0 Å². The van der Waals surface area contributed by atoms with Gasteiger partial charge in [0.25, 0.3) is 0 Å². The van der Waals surface area contributed by atoms with Crippen LogP contribution in [0.4, 0.5) is 10.2 Å². The number of piperazine rings is 1. The van der Waals surface area contributed by atoms with Crippen LogP contribution in [0.1, 0.15) is 18.5 Å². The van der Waals surface area contributed by atoms with Crippen LogP contribution >= 0.6 is 0 Å². The van der Waals surface area contributed by atoms with Crippen LogP contribution in [0.15, 0.2) is 42.9 Å². The Morgan fingerprint density at radius 1 is 1.05 bits per heavy atom. The second-order valence-corrected chi connectivity index (χ2v) is 5.32. The molecule has 0 N–H and O–H groups in total. The zero-order chi connectivity index (χ0) is 14.7. The van der Waals surface area contributed by atoms with Gasteiger partial charge in [-0.2, -0.15) is 0 Å². The highest BCUT2D eigenvalue weighted by atomic mass is 19.1. The van der Waals surface area contributed by atoms with Gasteiger partial charge in [0, 0.05) is 38.4 Å². The predicted molar refractivity (Wildman–Crippen MR) is 80.6 cm³/mol. The molecular weight excluding hydrogens is 267 g/mol. The largest absolute Gasteiger partial charge is 0.354 e. The summed E-state index contributed by atoms with van der Waals surface area (Å²) in [6.45, 7) is 6.02. The number of anilines is 1. The molecule has 110 valence electrons. The minimum atomic E-state index is -0.181. The van der Waals surface area contributed by atoms with Crippen molar-refractivity contribution in [1.29, 1.82) is 0 Å². The van der Waals surface area contributed by atoms with Crippen molar-refractivity contribution < 1.29 is 4.39 Å². The number of hydrogen-bond donors (Lipinski definition) is 0. The summed E-state index contributed by atoms with van der Waals surface area (Å²) < 4.78 is 13.0. The molecule has 0 aliphatic carbocycles. The zero-order valence-electron chi connectivity index (χ0n) is 12.1. The van der Waals surface area contributed by atoms with Crippen molar-refractivity contribution in [2.45, 2.75) is 13.0 Å². The summed E-state index contributed by atoms with van der Waals surface area (Å²) in [4.78, 5) is 12.9. The molecule has 1 fully saturated rings. The Kier molecular flexibility index (Phi) is 4.10. The Bertz CT molecular complexity index is 565. The average molecular weight is 286 g/mol. The van der Waals surface area contributed by atoms with Crippen LogP contribution in [0.5, 0.6) is 0 Å². The fraction of sp³-hybridized carbons (Fsp3) is 0.375. The zero-order valence-corrected chi connectivity index (χ0v) is 12.1. The molecule has 1 aromatic carbocycles. The lowest BCUT2D eigenvalue weighted by atomic mass is 10.1. The maximum atomic E-state index is 13.0.